The minimum atomic E-state index is -0.414. The van der Waals surface area contributed by atoms with Crippen LogP contribution in [0.3, 0.4) is 0 Å². The van der Waals surface area contributed by atoms with Crippen molar-refractivity contribution in [2.75, 3.05) is 0 Å². The first-order valence-electron chi connectivity index (χ1n) is 4.44. The number of Topliss-reactive ketones (excluding diaryl/α,β-unsaturated/α-hetero) is 2. The molecular weight excluding hydrogens is 164 g/mol. The Morgan fingerprint density at radius 2 is 1.54 bits per heavy atom. The molecule has 0 spiro atoms. The summed E-state index contributed by atoms with van der Waals surface area (Å²) in [6, 6.07) is 0. The summed E-state index contributed by atoms with van der Waals surface area (Å²) in [5, 5.41) is 0. The Bertz CT molecular complexity index is 222. The molecule has 0 aliphatic heterocycles. The van der Waals surface area contributed by atoms with Crippen LogP contribution in [0.4, 0.5) is 0 Å². The second-order valence-corrected chi connectivity index (χ2v) is 2.26. The van der Waals surface area contributed by atoms with E-state index in [1.807, 2.05) is 20.8 Å². The van der Waals surface area contributed by atoms with Crippen LogP contribution in [0.25, 0.3) is 0 Å². The van der Waals surface area contributed by atoms with Gasteiger partial charge in [0.2, 0.25) is 5.78 Å². The van der Waals surface area contributed by atoms with E-state index in [1.54, 1.807) is 25.2 Å². The fourth-order valence-electron chi connectivity index (χ4n) is 0.594. The zero-order valence-corrected chi connectivity index (χ0v) is 9.05. The quantitative estimate of drug-likeness (QED) is 0.382. The van der Waals surface area contributed by atoms with Crippen LogP contribution >= 0.6 is 0 Å². The first kappa shape index (κ1) is 14.3. The summed E-state index contributed by atoms with van der Waals surface area (Å²) in [7, 11) is 0. The van der Waals surface area contributed by atoms with E-state index in [0.29, 0.717) is 5.57 Å². The molecule has 13 heavy (non-hydrogen) atoms. The lowest BCUT2D eigenvalue weighted by molar-refractivity contribution is -0.133. The summed E-state index contributed by atoms with van der Waals surface area (Å²) in [5.41, 5.74) is 0.482. The van der Waals surface area contributed by atoms with Crippen molar-refractivity contribution >= 4 is 11.6 Å². The topological polar surface area (TPSA) is 34.1 Å². The van der Waals surface area contributed by atoms with Gasteiger partial charge in [0.05, 0.1) is 0 Å². The monoisotopic (exact) mass is 182 g/mol. The van der Waals surface area contributed by atoms with Crippen LogP contribution in [0.1, 0.15) is 34.6 Å². The van der Waals surface area contributed by atoms with Crippen molar-refractivity contribution < 1.29 is 9.59 Å². The summed E-state index contributed by atoms with van der Waals surface area (Å²) >= 11 is 0. The molecule has 0 atom stereocenters. The van der Waals surface area contributed by atoms with E-state index in [1.165, 1.54) is 6.92 Å². The van der Waals surface area contributed by atoms with Crippen molar-refractivity contribution in [3.8, 4) is 0 Å². The normalized spacial score (nSPS) is 10.7. The first-order chi connectivity index (χ1) is 6.09. The molecule has 0 heterocycles. The highest BCUT2D eigenvalue weighted by atomic mass is 16.2. The lowest BCUT2D eigenvalue weighted by atomic mass is 10.1. The maximum Gasteiger partial charge on any atom is 0.223 e. The fraction of sp³-hybridized carbons (Fsp3) is 0.455. The van der Waals surface area contributed by atoms with E-state index in [0.717, 1.165) is 0 Å². The molecule has 0 bridgehead atoms. The van der Waals surface area contributed by atoms with E-state index in [2.05, 4.69) is 0 Å². The first-order valence-corrected chi connectivity index (χ1v) is 4.44. The number of rotatable bonds is 3. The Morgan fingerprint density at radius 3 is 1.85 bits per heavy atom. The molecule has 2 heteroatoms. The highest BCUT2D eigenvalue weighted by Crippen LogP contribution is 1.95. The molecule has 0 unspecified atom stereocenters. The summed E-state index contributed by atoms with van der Waals surface area (Å²) < 4.78 is 0. The molecule has 0 aromatic heterocycles. The van der Waals surface area contributed by atoms with E-state index in [4.69, 9.17) is 0 Å². The van der Waals surface area contributed by atoms with Gasteiger partial charge in [0.1, 0.15) is 0 Å². The number of hydrogen-bond acceptors (Lipinski definition) is 2. The van der Waals surface area contributed by atoms with Crippen LogP contribution in [-0.4, -0.2) is 11.6 Å². The number of allylic oxidation sites excluding steroid dienone is 4. The van der Waals surface area contributed by atoms with Crippen molar-refractivity contribution in [2.45, 2.75) is 34.6 Å². The van der Waals surface area contributed by atoms with Gasteiger partial charge in [-0.25, -0.2) is 0 Å². The third kappa shape index (κ3) is 7.19. The average Bonchev–Trinajstić information content (AvgIpc) is 2.16. The van der Waals surface area contributed by atoms with E-state index >= 15 is 0 Å². The Hall–Kier alpha value is -1.18. The van der Waals surface area contributed by atoms with Crippen molar-refractivity contribution in [3.63, 3.8) is 0 Å². The number of carbonyl (C=O) groups excluding carboxylic acids is 2. The smallest absolute Gasteiger partial charge is 0.223 e. The van der Waals surface area contributed by atoms with Gasteiger partial charge < -0.3 is 0 Å². The number of carbonyl (C=O) groups is 2. The molecule has 0 N–H and O–H groups in total. The highest BCUT2D eigenvalue weighted by molar-refractivity contribution is 6.42. The fourth-order valence-corrected chi connectivity index (χ4v) is 0.594. The molecule has 0 saturated carbocycles. The van der Waals surface area contributed by atoms with Crippen LogP contribution < -0.4 is 0 Å². The Balaban J connectivity index is 0. The standard InChI is InChI=1S/C9H12O2.C2H6/c1-4-5-6-7(2)9(11)8(3)10;1-2/h4-6H,1-3H3;1-2H3/b5-4-,7-6+;. The van der Waals surface area contributed by atoms with Crippen LogP contribution in [0.2, 0.25) is 0 Å². The lowest BCUT2D eigenvalue weighted by Crippen LogP contribution is -2.09. The zero-order valence-electron chi connectivity index (χ0n) is 9.05. The third-order valence-corrected chi connectivity index (χ3v) is 1.22. The Kier molecular flexibility index (Phi) is 9.84. The highest BCUT2D eigenvalue weighted by Gasteiger charge is 2.07. The summed E-state index contributed by atoms with van der Waals surface area (Å²) in [5.74, 6) is -0.827. The molecule has 0 saturated heterocycles. The molecule has 0 aliphatic rings. The maximum absolute atomic E-state index is 10.9. The predicted molar refractivity (Wildman–Crippen MR) is 55.6 cm³/mol. The van der Waals surface area contributed by atoms with Gasteiger partial charge in [0.25, 0.3) is 0 Å². The molecule has 2 nitrogen and oxygen atoms in total. The third-order valence-electron chi connectivity index (χ3n) is 1.22. The van der Waals surface area contributed by atoms with E-state index in [9.17, 15) is 9.59 Å². The minimum Gasteiger partial charge on any atom is -0.291 e. The predicted octanol–water partition coefficient (Wildman–Crippen LogP) is 2.69. The molecule has 0 fully saturated rings. The van der Waals surface area contributed by atoms with E-state index in [-0.39, 0.29) is 0 Å². The van der Waals surface area contributed by atoms with Crippen LogP contribution in [0, 0.1) is 0 Å². The van der Waals surface area contributed by atoms with Gasteiger partial charge in [0, 0.05) is 12.5 Å². The molecule has 0 amide bonds. The van der Waals surface area contributed by atoms with Gasteiger partial charge in [-0.15, -0.1) is 0 Å². The van der Waals surface area contributed by atoms with Crippen molar-refractivity contribution in [1.29, 1.82) is 0 Å². The lowest BCUT2D eigenvalue weighted by Gasteiger charge is -1.91. The van der Waals surface area contributed by atoms with Gasteiger partial charge in [0.15, 0.2) is 5.78 Å². The zero-order chi connectivity index (χ0) is 10.9. The van der Waals surface area contributed by atoms with Gasteiger partial charge >= 0.3 is 0 Å². The molecule has 0 aromatic rings. The molecule has 74 valence electrons. The molecule has 0 rings (SSSR count). The van der Waals surface area contributed by atoms with Gasteiger partial charge in [-0.3, -0.25) is 9.59 Å². The maximum atomic E-state index is 10.9. The second kappa shape index (κ2) is 8.91. The second-order valence-electron chi connectivity index (χ2n) is 2.26. The number of hydrogen-bond donors (Lipinski definition) is 0. The van der Waals surface area contributed by atoms with Gasteiger partial charge in [-0.1, -0.05) is 32.1 Å². The van der Waals surface area contributed by atoms with Gasteiger partial charge in [-0.05, 0) is 13.8 Å². The van der Waals surface area contributed by atoms with Crippen molar-refractivity contribution in [2.24, 2.45) is 0 Å². The minimum absolute atomic E-state index is 0.414. The summed E-state index contributed by atoms with van der Waals surface area (Å²) in [6.07, 6.45) is 5.16. The average molecular weight is 182 g/mol. The molecule has 0 aromatic carbocycles. The number of ketones is 2. The molecular formula is C11H18O2. The Morgan fingerprint density at radius 1 is 1.08 bits per heavy atom. The van der Waals surface area contributed by atoms with Crippen LogP contribution in [0.5, 0.6) is 0 Å². The van der Waals surface area contributed by atoms with Crippen LogP contribution in [-0.2, 0) is 9.59 Å². The van der Waals surface area contributed by atoms with E-state index < -0.39 is 11.6 Å². The summed E-state index contributed by atoms with van der Waals surface area (Å²) in [6.45, 7) is 8.75. The van der Waals surface area contributed by atoms with Crippen molar-refractivity contribution in [3.05, 3.63) is 23.8 Å². The molecule has 0 aliphatic carbocycles. The van der Waals surface area contributed by atoms with Crippen molar-refractivity contribution in [1.82, 2.24) is 0 Å². The molecule has 0 radical (unpaired) electrons. The SMILES string of the molecule is C/C=C\C=C(/C)C(=O)C(C)=O.CC. The van der Waals surface area contributed by atoms with Crippen LogP contribution in [0.15, 0.2) is 23.8 Å². The van der Waals surface area contributed by atoms with Gasteiger partial charge in [-0.2, -0.15) is 0 Å². The summed E-state index contributed by atoms with van der Waals surface area (Å²) in [4.78, 5) is 21.4. The Labute approximate surface area is 80.3 Å². The largest absolute Gasteiger partial charge is 0.291 e.